The van der Waals surface area contributed by atoms with Gasteiger partial charge in [0.05, 0.1) is 17.1 Å². The Morgan fingerprint density at radius 1 is 1.30 bits per heavy atom. The Labute approximate surface area is 123 Å². The predicted octanol–water partition coefficient (Wildman–Crippen LogP) is 1.65. The second kappa shape index (κ2) is 6.45. The van der Waals surface area contributed by atoms with E-state index in [2.05, 4.69) is 15.0 Å². The summed E-state index contributed by atoms with van der Waals surface area (Å²) in [7, 11) is -1.71. The Morgan fingerprint density at radius 3 is 2.80 bits per heavy atom. The molecule has 0 aliphatic heterocycles. The van der Waals surface area contributed by atoms with Crippen LogP contribution in [0.1, 0.15) is 16.1 Å². The van der Waals surface area contributed by atoms with Gasteiger partial charge in [-0.1, -0.05) is 6.07 Å². The third kappa shape index (κ3) is 3.43. The van der Waals surface area contributed by atoms with E-state index in [0.29, 0.717) is 11.4 Å². The molecule has 0 unspecified atom stereocenters. The van der Waals surface area contributed by atoms with Crippen molar-refractivity contribution in [2.45, 2.75) is 24.9 Å². The van der Waals surface area contributed by atoms with E-state index >= 15 is 0 Å². The molecule has 0 bridgehead atoms. The predicted molar refractivity (Wildman–Crippen MR) is 80.1 cm³/mol. The summed E-state index contributed by atoms with van der Waals surface area (Å²) in [5.74, 6) is 0. The van der Waals surface area contributed by atoms with Gasteiger partial charge in [0.2, 0.25) is 10.0 Å². The van der Waals surface area contributed by atoms with Crippen molar-refractivity contribution in [3.05, 3.63) is 45.9 Å². The van der Waals surface area contributed by atoms with Crippen LogP contribution in [0.4, 0.5) is 0 Å². The number of nitrogens with one attached hydrogen (secondary N) is 2. The molecule has 0 radical (unpaired) electrons. The van der Waals surface area contributed by atoms with Crippen LogP contribution >= 0.6 is 11.3 Å². The molecule has 108 valence electrons. The summed E-state index contributed by atoms with van der Waals surface area (Å²) < 4.78 is 27.2. The number of aromatic nitrogens is 1. The zero-order valence-corrected chi connectivity index (χ0v) is 13.0. The molecule has 2 aromatic rings. The third-order valence-corrected chi connectivity index (χ3v) is 5.41. The Kier molecular flexibility index (Phi) is 4.87. The lowest BCUT2D eigenvalue weighted by molar-refractivity contribution is 0.579. The van der Waals surface area contributed by atoms with Crippen LogP contribution in [0.5, 0.6) is 0 Å². The minimum absolute atomic E-state index is 0.198. The maximum Gasteiger partial charge on any atom is 0.242 e. The molecule has 2 aromatic heterocycles. The number of sulfonamides is 1. The summed E-state index contributed by atoms with van der Waals surface area (Å²) in [5.41, 5.74) is 1.71. The lowest BCUT2D eigenvalue weighted by Crippen LogP contribution is -2.25. The van der Waals surface area contributed by atoms with Crippen molar-refractivity contribution in [2.75, 3.05) is 7.05 Å². The van der Waals surface area contributed by atoms with Crippen molar-refractivity contribution in [3.8, 4) is 0 Å². The fraction of sp³-hybridized carbons (Fsp3) is 0.308. The zero-order valence-electron chi connectivity index (χ0n) is 11.4. The highest BCUT2D eigenvalue weighted by Gasteiger charge is 2.19. The number of aryl methyl sites for hydroxylation is 1. The second-order valence-electron chi connectivity index (χ2n) is 4.33. The van der Waals surface area contributed by atoms with Crippen LogP contribution in [0.2, 0.25) is 0 Å². The molecular weight excluding hydrogens is 294 g/mol. The first-order valence-electron chi connectivity index (χ1n) is 6.15. The molecule has 20 heavy (non-hydrogen) atoms. The molecule has 0 saturated heterocycles. The Hall–Kier alpha value is -1.28. The Balaban J connectivity index is 2.15. The summed E-state index contributed by atoms with van der Waals surface area (Å²) in [6.07, 6.45) is 1.66. The van der Waals surface area contributed by atoms with E-state index in [1.54, 1.807) is 24.7 Å². The van der Waals surface area contributed by atoms with E-state index in [1.165, 1.54) is 11.3 Å². The van der Waals surface area contributed by atoms with Crippen LogP contribution in [-0.2, 0) is 23.1 Å². The fourth-order valence-corrected chi connectivity index (χ4v) is 4.24. The van der Waals surface area contributed by atoms with Crippen molar-refractivity contribution >= 4 is 21.4 Å². The number of thiophene rings is 1. The van der Waals surface area contributed by atoms with Gasteiger partial charge in [0.1, 0.15) is 0 Å². The first-order valence-corrected chi connectivity index (χ1v) is 8.52. The molecule has 0 aliphatic carbocycles. The number of pyridine rings is 1. The largest absolute Gasteiger partial charge is 0.315 e. The van der Waals surface area contributed by atoms with Gasteiger partial charge in [0.25, 0.3) is 0 Å². The molecule has 7 heteroatoms. The van der Waals surface area contributed by atoms with Crippen molar-refractivity contribution in [1.29, 1.82) is 0 Å². The summed E-state index contributed by atoms with van der Waals surface area (Å²) in [5, 5.41) is 4.76. The van der Waals surface area contributed by atoms with Crippen LogP contribution in [0.15, 0.2) is 34.7 Å². The van der Waals surface area contributed by atoms with E-state index in [1.807, 2.05) is 19.1 Å². The molecule has 2 N–H and O–H groups in total. The molecule has 0 spiro atoms. The number of hydrogen-bond acceptors (Lipinski definition) is 5. The van der Waals surface area contributed by atoms with Gasteiger partial charge in [-0.2, -0.15) is 0 Å². The van der Waals surface area contributed by atoms with Gasteiger partial charge in [0.15, 0.2) is 0 Å². The SMILES string of the molecule is CNCc1sccc1S(=O)(=O)NCc1ncccc1C. The lowest BCUT2D eigenvalue weighted by atomic mass is 10.2. The average molecular weight is 311 g/mol. The lowest BCUT2D eigenvalue weighted by Gasteiger charge is -2.08. The molecule has 0 fully saturated rings. The van der Waals surface area contributed by atoms with Crippen LogP contribution < -0.4 is 10.0 Å². The van der Waals surface area contributed by atoms with Crippen LogP contribution in [0, 0.1) is 6.92 Å². The highest BCUT2D eigenvalue weighted by molar-refractivity contribution is 7.89. The van der Waals surface area contributed by atoms with Gasteiger partial charge >= 0.3 is 0 Å². The molecule has 2 rings (SSSR count). The normalized spacial score (nSPS) is 11.7. The minimum atomic E-state index is -3.50. The van der Waals surface area contributed by atoms with E-state index < -0.39 is 10.0 Å². The van der Waals surface area contributed by atoms with Gasteiger partial charge in [-0.25, -0.2) is 13.1 Å². The first kappa shape index (κ1) is 15.1. The molecule has 5 nitrogen and oxygen atoms in total. The minimum Gasteiger partial charge on any atom is -0.315 e. The first-order chi connectivity index (χ1) is 9.54. The Morgan fingerprint density at radius 2 is 2.10 bits per heavy atom. The van der Waals surface area contributed by atoms with E-state index in [9.17, 15) is 8.42 Å². The number of hydrogen-bond donors (Lipinski definition) is 2. The quantitative estimate of drug-likeness (QED) is 0.851. The average Bonchev–Trinajstić information content (AvgIpc) is 2.87. The summed E-state index contributed by atoms with van der Waals surface area (Å²) in [4.78, 5) is 5.33. The summed E-state index contributed by atoms with van der Waals surface area (Å²) >= 11 is 1.43. The van der Waals surface area contributed by atoms with Gasteiger partial charge < -0.3 is 5.32 Å². The molecule has 0 atom stereocenters. The van der Waals surface area contributed by atoms with Gasteiger partial charge in [0, 0.05) is 17.6 Å². The van der Waals surface area contributed by atoms with E-state index in [-0.39, 0.29) is 6.54 Å². The molecule has 0 aliphatic rings. The third-order valence-electron chi connectivity index (χ3n) is 2.88. The van der Waals surface area contributed by atoms with Gasteiger partial charge in [-0.3, -0.25) is 4.98 Å². The summed E-state index contributed by atoms with van der Waals surface area (Å²) in [6, 6.07) is 5.37. The maximum atomic E-state index is 12.3. The molecule has 0 amide bonds. The van der Waals surface area contributed by atoms with Crippen LogP contribution in [0.25, 0.3) is 0 Å². The van der Waals surface area contributed by atoms with Crippen molar-refractivity contribution < 1.29 is 8.42 Å². The fourth-order valence-electron chi connectivity index (χ4n) is 1.80. The second-order valence-corrected chi connectivity index (χ2v) is 7.07. The van der Waals surface area contributed by atoms with Crippen LogP contribution in [0.3, 0.4) is 0 Å². The highest BCUT2D eigenvalue weighted by Crippen LogP contribution is 2.21. The molecular formula is C13H17N3O2S2. The van der Waals surface area contributed by atoms with E-state index in [0.717, 1.165) is 16.1 Å². The van der Waals surface area contributed by atoms with Gasteiger partial charge in [-0.15, -0.1) is 11.3 Å². The molecule has 2 heterocycles. The molecule has 0 saturated carbocycles. The van der Waals surface area contributed by atoms with Gasteiger partial charge in [-0.05, 0) is 37.0 Å². The smallest absolute Gasteiger partial charge is 0.242 e. The van der Waals surface area contributed by atoms with Crippen molar-refractivity contribution in [3.63, 3.8) is 0 Å². The van der Waals surface area contributed by atoms with Crippen molar-refractivity contribution in [2.24, 2.45) is 0 Å². The monoisotopic (exact) mass is 311 g/mol. The Bertz CT molecular complexity index is 680. The molecule has 0 aromatic carbocycles. The maximum absolute atomic E-state index is 12.3. The summed E-state index contributed by atoms with van der Waals surface area (Å²) in [6.45, 7) is 2.65. The topological polar surface area (TPSA) is 71.1 Å². The van der Waals surface area contributed by atoms with Crippen LogP contribution in [-0.4, -0.2) is 20.4 Å². The highest BCUT2D eigenvalue weighted by atomic mass is 32.2. The van der Waals surface area contributed by atoms with E-state index in [4.69, 9.17) is 0 Å². The zero-order chi connectivity index (χ0) is 14.6. The number of nitrogens with zero attached hydrogens (tertiary/aromatic N) is 1. The van der Waals surface area contributed by atoms with Crippen molar-refractivity contribution in [1.82, 2.24) is 15.0 Å². The number of rotatable bonds is 6. The standard InChI is InChI=1S/C13H17N3O2S2/c1-10-4-3-6-15-11(10)8-16-20(17,18)13-5-7-19-12(13)9-14-2/h3-7,14,16H,8-9H2,1-2H3.